The molecule has 1 heteroatoms. The maximum Gasteiger partial charge on any atom is 0.0326 e. The molecule has 0 saturated carbocycles. The first-order valence-electron chi connectivity index (χ1n) is 8.05. The van der Waals surface area contributed by atoms with Gasteiger partial charge in [-0.05, 0) is 79.1 Å². The molecule has 0 aliphatic heterocycles. The lowest BCUT2D eigenvalue weighted by atomic mass is 9.91. The summed E-state index contributed by atoms with van der Waals surface area (Å²) in [6.45, 7) is 9.87. The summed E-state index contributed by atoms with van der Waals surface area (Å²) < 4.78 is 0. The van der Waals surface area contributed by atoms with Gasteiger partial charge < -0.3 is 5.32 Å². The van der Waals surface area contributed by atoms with Gasteiger partial charge in [0, 0.05) is 6.04 Å². The van der Waals surface area contributed by atoms with E-state index in [1.165, 1.54) is 46.2 Å². The third-order valence-electron chi connectivity index (χ3n) is 4.85. The number of hydrogen-bond donors (Lipinski definition) is 1. The Morgan fingerprint density at radius 1 is 1.00 bits per heavy atom. The van der Waals surface area contributed by atoms with Gasteiger partial charge in [0.05, 0.1) is 0 Å². The van der Waals surface area contributed by atoms with Crippen LogP contribution in [0.3, 0.4) is 0 Å². The van der Waals surface area contributed by atoms with Crippen LogP contribution < -0.4 is 5.32 Å². The number of aryl methyl sites for hydroxylation is 3. The van der Waals surface area contributed by atoms with E-state index >= 15 is 0 Å². The Balaban J connectivity index is 2.11. The van der Waals surface area contributed by atoms with Gasteiger partial charge in [-0.25, -0.2) is 0 Å². The Morgan fingerprint density at radius 3 is 2.52 bits per heavy atom. The van der Waals surface area contributed by atoms with E-state index in [0.29, 0.717) is 6.04 Å². The fraction of sp³-hybridized carbons (Fsp3) is 0.400. The van der Waals surface area contributed by atoms with Crippen molar-refractivity contribution in [2.75, 3.05) is 6.54 Å². The Hall–Kier alpha value is -1.60. The molecule has 0 radical (unpaired) electrons. The second kappa shape index (κ2) is 5.65. The standard InChI is InChI=1S/C20H25N/c1-5-21-20-10-9-17-16(7-6-8-18(17)20)19-12-14(3)13(2)11-15(19)4/h6-8,11-12,20-21H,5,9-10H2,1-4H3. The number of rotatable bonds is 3. The number of fused-ring (bicyclic) bond motifs is 1. The molecule has 1 N–H and O–H groups in total. The Morgan fingerprint density at radius 2 is 1.76 bits per heavy atom. The van der Waals surface area contributed by atoms with Gasteiger partial charge in [0.25, 0.3) is 0 Å². The van der Waals surface area contributed by atoms with Crippen molar-refractivity contribution in [2.24, 2.45) is 0 Å². The van der Waals surface area contributed by atoms with E-state index in [-0.39, 0.29) is 0 Å². The number of hydrogen-bond acceptors (Lipinski definition) is 1. The monoisotopic (exact) mass is 279 g/mol. The molecule has 110 valence electrons. The van der Waals surface area contributed by atoms with Crippen LogP contribution in [0.5, 0.6) is 0 Å². The summed E-state index contributed by atoms with van der Waals surface area (Å²) >= 11 is 0. The topological polar surface area (TPSA) is 12.0 Å². The smallest absolute Gasteiger partial charge is 0.0326 e. The maximum absolute atomic E-state index is 3.61. The predicted octanol–water partition coefficient (Wildman–Crippen LogP) is 4.88. The lowest BCUT2D eigenvalue weighted by Crippen LogP contribution is -2.18. The molecule has 0 saturated heterocycles. The molecule has 0 heterocycles. The van der Waals surface area contributed by atoms with Crippen LogP contribution in [0.15, 0.2) is 30.3 Å². The van der Waals surface area contributed by atoms with Crippen molar-refractivity contribution in [1.29, 1.82) is 0 Å². The molecule has 0 aromatic heterocycles. The molecule has 2 aromatic carbocycles. The Bertz CT molecular complexity index is 670. The minimum absolute atomic E-state index is 0.539. The minimum atomic E-state index is 0.539. The molecular formula is C20H25N. The van der Waals surface area contributed by atoms with Gasteiger partial charge in [0.2, 0.25) is 0 Å². The van der Waals surface area contributed by atoms with Crippen LogP contribution in [-0.2, 0) is 6.42 Å². The first kappa shape index (κ1) is 14.3. The van der Waals surface area contributed by atoms with Crippen molar-refractivity contribution in [3.63, 3.8) is 0 Å². The second-order valence-corrected chi connectivity index (χ2v) is 6.27. The number of benzene rings is 2. The van der Waals surface area contributed by atoms with Crippen LogP contribution in [0, 0.1) is 20.8 Å². The molecule has 0 fully saturated rings. The largest absolute Gasteiger partial charge is 0.310 e. The van der Waals surface area contributed by atoms with Crippen LogP contribution in [0.25, 0.3) is 11.1 Å². The lowest BCUT2D eigenvalue weighted by Gasteiger charge is -2.16. The minimum Gasteiger partial charge on any atom is -0.310 e. The van der Waals surface area contributed by atoms with Crippen molar-refractivity contribution >= 4 is 0 Å². The molecule has 0 bridgehead atoms. The van der Waals surface area contributed by atoms with E-state index in [1.807, 2.05) is 0 Å². The fourth-order valence-electron chi connectivity index (χ4n) is 3.62. The molecule has 1 nitrogen and oxygen atoms in total. The van der Waals surface area contributed by atoms with Crippen LogP contribution in [0.1, 0.15) is 47.2 Å². The summed E-state index contributed by atoms with van der Waals surface area (Å²) in [6.07, 6.45) is 2.42. The van der Waals surface area contributed by atoms with Gasteiger partial charge in [-0.3, -0.25) is 0 Å². The average molecular weight is 279 g/mol. The van der Waals surface area contributed by atoms with E-state index in [2.05, 4.69) is 63.3 Å². The summed E-state index contributed by atoms with van der Waals surface area (Å²) in [5, 5.41) is 3.61. The van der Waals surface area contributed by atoms with Crippen LogP contribution in [0.2, 0.25) is 0 Å². The normalized spacial score (nSPS) is 17.0. The Kier molecular flexibility index (Phi) is 3.86. The quantitative estimate of drug-likeness (QED) is 0.844. The summed E-state index contributed by atoms with van der Waals surface area (Å²) in [6, 6.07) is 12.0. The van der Waals surface area contributed by atoms with E-state index in [9.17, 15) is 0 Å². The molecule has 0 spiro atoms. The first-order chi connectivity index (χ1) is 10.1. The first-order valence-corrected chi connectivity index (χ1v) is 8.05. The van der Waals surface area contributed by atoms with Gasteiger partial charge >= 0.3 is 0 Å². The molecule has 1 unspecified atom stereocenters. The summed E-state index contributed by atoms with van der Waals surface area (Å²) in [4.78, 5) is 0. The van der Waals surface area contributed by atoms with Crippen molar-refractivity contribution in [2.45, 2.75) is 46.6 Å². The molecule has 0 amide bonds. The van der Waals surface area contributed by atoms with E-state index in [4.69, 9.17) is 0 Å². The summed E-state index contributed by atoms with van der Waals surface area (Å²) in [5.74, 6) is 0. The van der Waals surface area contributed by atoms with Crippen molar-refractivity contribution in [3.8, 4) is 11.1 Å². The van der Waals surface area contributed by atoms with Gasteiger partial charge in [-0.1, -0.05) is 37.3 Å². The third kappa shape index (κ3) is 2.51. The van der Waals surface area contributed by atoms with Gasteiger partial charge in [0.1, 0.15) is 0 Å². The highest BCUT2D eigenvalue weighted by molar-refractivity contribution is 5.74. The molecule has 1 atom stereocenters. The zero-order valence-electron chi connectivity index (χ0n) is 13.6. The lowest BCUT2D eigenvalue weighted by molar-refractivity contribution is 0.549. The summed E-state index contributed by atoms with van der Waals surface area (Å²) in [5.41, 5.74) is 10.1. The summed E-state index contributed by atoms with van der Waals surface area (Å²) in [7, 11) is 0. The van der Waals surface area contributed by atoms with Crippen molar-refractivity contribution in [1.82, 2.24) is 5.32 Å². The van der Waals surface area contributed by atoms with Crippen molar-refractivity contribution < 1.29 is 0 Å². The molecule has 2 aromatic rings. The Labute approximate surface area is 128 Å². The van der Waals surface area contributed by atoms with E-state index in [0.717, 1.165) is 6.54 Å². The number of nitrogens with one attached hydrogen (secondary N) is 1. The molecule has 1 aliphatic rings. The molecule has 1 aliphatic carbocycles. The fourth-order valence-corrected chi connectivity index (χ4v) is 3.62. The molecular weight excluding hydrogens is 254 g/mol. The van der Waals surface area contributed by atoms with Gasteiger partial charge in [-0.15, -0.1) is 0 Å². The van der Waals surface area contributed by atoms with E-state index in [1.54, 1.807) is 5.56 Å². The van der Waals surface area contributed by atoms with E-state index < -0.39 is 0 Å². The van der Waals surface area contributed by atoms with Gasteiger partial charge in [-0.2, -0.15) is 0 Å². The zero-order valence-corrected chi connectivity index (χ0v) is 13.6. The second-order valence-electron chi connectivity index (χ2n) is 6.27. The SMILES string of the molecule is CCNC1CCc2c(-c3cc(C)c(C)cc3C)cccc21. The highest BCUT2D eigenvalue weighted by Crippen LogP contribution is 2.39. The van der Waals surface area contributed by atoms with Crippen LogP contribution in [0.4, 0.5) is 0 Å². The highest BCUT2D eigenvalue weighted by atomic mass is 14.9. The highest BCUT2D eigenvalue weighted by Gasteiger charge is 2.24. The van der Waals surface area contributed by atoms with Crippen LogP contribution >= 0.6 is 0 Å². The van der Waals surface area contributed by atoms with Gasteiger partial charge in [0.15, 0.2) is 0 Å². The van der Waals surface area contributed by atoms with Crippen LogP contribution in [-0.4, -0.2) is 6.54 Å². The predicted molar refractivity (Wildman–Crippen MR) is 90.8 cm³/mol. The maximum atomic E-state index is 3.61. The zero-order chi connectivity index (χ0) is 15.0. The molecule has 21 heavy (non-hydrogen) atoms. The molecule has 3 rings (SSSR count). The van der Waals surface area contributed by atoms with Crippen molar-refractivity contribution in [3.05, 3.63) is 58.1 Å². The average Bonchev–Trinajstić information content (AvgIpc) is 2.87. The third-order valence-corrected chi connectivity index (χ3v) is 4.85.